The van der Waals surface area contributed by atoms with Crippen LogP contribution >= 0.6 is 11.6 Å². The minimum absolute atomic E-state index is 0.0891. The van der Waals surface area contributed by atoms with Gasteiger partial charge < -0.3 is 16.0 Å². The van der Waals surface area contributed by atoms with E-state index in [1.807, 2.05) is 16.9 Å². The van der Waals surface area contributed by atoms with Gasteiger partial charge in [0.15, 0.2) is 0 Å². The zero-order valence-corrected chi connectivity index (χ0v) is 18.7. The average molecular weight is 455 g/mol. The van der Waals surface area contributed by atoms with Gasteiger partial charge in [0.1, 0.15) is 11.6 Å². The standard InChI is InChI=1S/C23H24ClFN6O/c1-30(2)22(32)17-16(26)5-4-14(20(17)25)15-11-27-21-18(19(15)24)23(12-28-21)7-6-13(10-23)31-9-3-8-29-31/h3-5,8-9,11,13H,6-7,10,12,26H2,1-2H3,(H,27,28). The Kier molecular flexibility index (Phi) is 4.85. The number of nitrogens with zero attached hydrogens (tertiary/aromatic N) is 4. The highest BCUT2D eigenvalue weighted by Crippen LogP contribution is 2.54. The van der Waals surface area contributed by atoms with Crippen LogP contribution in [0.5, 0.6) is 0 Å². The fourth-order valence-corrected chi connectivity index (χ4v) is 5.52. The SMILES string of the molecule is CN(C)C(=O)c1c(N)ccc(-c2cnc3c(c2Cl)C2(CCC(n4cccn4)C2)CN3)c1F. The summed E-state index contributed by atoms with van der Waals surface area (Å²) in [6, 6.07) is 5.29. The highest BCUT2D eigenvalue weighted by molar-refractivity contribution is 6.34. The molecule has 0 bridgehead atoms. The molecule has 1 aromatic carbocycles. The maximum Gasteiger partial charge on any atom is 0.258 e. The molecule has 0 radical (unpaired) electrons. The number of amides is 1. The average Bonchev–Trinajstić information content (AvgIpc) is 3.50. The second kappa shape index (κ2) is 7.48. The van der Waals surface area contributed by atoms with Gasteiger partial charge in [0, 0.05) is 67.0 Å². The van der Waals surface area contributed by atoms with Crippen molar-refractivity contribution in [1.82, 2.24) is 19.7 Å². The third kappa shape index (κ3) is 3.04. The van der Waals surface area contributed by atoms with Crippen LogP contribution in [0.15, 0.2) is 36.8 Å². The summed E-state index contributed by atoms with van der Waals surface area (Å²) in [5.41, 5.74) is 7.27. The van der Waals surface area contributed by atoms with E-state index in [-0.39, 0.29) is 28.3 Å². The summed E-state index contributed by atoms with van der Waals surface area (Å²) in [6.45, 7) is 0.727. The van der Waals surface area contributed by atoms with E-state index in [9.17, 15) is 4.79 Å². The van der Waals surface area contributed by atoms with Crippen molar-refractivity contribution in [3.63, 3.8) is 0 Å². The Morgan fingerprint density at radius 2 is 2.19 bits per heavy atom. The first-order chi connectivity index (χ1) is 15.3. The lowest BCUT2D eigenvalue weighted by Gasteiger charge is -2.25. The Hall–Kier alpha value is -3.13. The van der Waals surface area contributed by atoms with Crippen LogP contribution in [0.3, 0.4) is 0 Å². The Balaban J connectivity index is 1.60. The number of carbonyl (C=O) groups is 1. The molecule has 9 heteroatoms. The number of benzene rings is 1. The van der Waals surface area contributed by atoms with Gasteiger partial charge in [-0.15, -0.1) is 0 Å². The van der Waals surface area contributed by atoms with Crippen LogP contribution in [-0.4, -0.2) is 46.2 Å². The number of aromatic nitrogens is 3. The lowest BCUT2D eigenvalue weighted by atomic mass is 9.80. The number of anilines is 2. The van der Waals surface area contributed by atoms with Gasteiger partial charge in [0.25, 0.3) is 5.91 Å². The van der Waals surface area contributed by atoms with E-state index in [0.29, 0.717) is 10.6 Å². The van der Waals surface area contributed by atoms with Crippen molar-refractivity contribution in [2.24, 2.45) is 0 Å². The van der Waals surface area contributed by atoms with Crippen molar-refractivity contribution in [3.8, 4) is 11.1 Å². The Labute approximate surface area is 190 Å². The molecule has 2 aliphatic rings. The Morgan fingerprint density at radius 1 is 1.38 bits per heavy atom. The molecular weight excluding hydrogens is 431 g/mol. The molecular formula is C23H24ClFN6O. The number of carbonyl (C=O) groups excluding carboxylic acids is 1. The van der Waals surface area contributed by atoms with Crippen LogP contribution in [0.2, 0.25) is 5.02 Å². The third-order valence-electron chi connectivity index (χ3n) is 6.71. The number of nitrogens with two attached hydrogens (primary N) is 1. The molecule has 166 valence electrons. The molecule has 1 saturated carbocycles. The van der Waals surface area contributed by atoms with Gasteiger partial charge in [-0.25, -0.2) is 9.37 Å². The third-order valence-corrected chi connectivity index (χ3v) is 7.10. The van der Waals surface area contributed by atoms with Crippen LogP contribution in [0.25, 0.3) is 11.1 Å². The first-order valence-corrected chi connectivity index (χ1v) is 10.9. The summed E-state index contributed by atoms with van der Waals surface area (Å²) in [5, 5.41) is 8.26. The van der Waals surface area contributed by atoms with Crippen molar-refractivity contribution in [2.75, 3.05) is 31.7 Å². The smallest absolute Gasteiger partial charge is 0.258 e. The van der Waals surface area contributed by atoms with Gasteiger partial charge >= 0.3 is 0 Å². The molecule has 3 heterocycles. The second-order valence-corrected chi connectivity index (χ2v) is 9.19. The molecule has 1 spiro atoms. The minimum Gasteiger partial charge on any atom is -0.398 e. The molecule has 1 aliphatic heterocycles. The summed E-state index contributed by atoms with van der Waals surface area (Å²) < 4.78 is 17.5. The molecule has 2 aromatic heterocycles. The van der Waals surface area contributed by atoms with Crippen LogP contribution in [0.1, 0.15) is 41.2 Å². The van der Waals surface area contributed by atoms with E-state index in [1.54, 1.807) is 32.6 Å². The number of hydrogen-bond donors (Lipinski definition) is 2. The fraction of sp³-hybridized carbons (Fsp3) is 0.348. The van der Waals surface area contributed by atoms with E-state index in [0.717, 1.165) is 37.2 Å². The van der Waals surface area contributed by atoms with E-state index in [4.69, 9.17) is 17.3 Å². The topological polar surface area (TPSA) is 89.1 Å². The largest absolute Gasteiger partial charge is 0.398 e. The number of fused-ring (bicyclic) bond motifs is 2. The summed E-state index contributed by atoms with van der Waals surface area (Å²) >= 11 is 6.94. The number of halogens is 2. The summed E-state index contributed by atoms with van der Waals surface area (Å²) in [4.78, 5) is 18.4. The number of nitrogens with one attached hydrogen (secondary N) is 1. The predicted octanol–water partition coefficient (Wildman–Crippen LogP) is 4.11. The molecule has 0 saturated heterocycles. The molecule has 7 nitrogen and oxygen atoms in total. The van der Waals surface area contributed by atoms with Gasteiger partial charge in [-0.2, -0.15) is 5.10 Å². The highest BCUT2D eigenvalue weighted by atomic mass is 35.5. The molecule has 2 atom stereocenters. The molecule has 5 rings (SSSR count). The lowest BCUT2D eigenvalue weighted by Crippen LogP contribution is -2.26. The molecule has 3 N–H and O–H groups in total. The van der Waals surface area contributed by atoms with E-state index >= 15 is 4.39 Å². The Bertz CT molecular complexity index is 1210. The van der Waals surface area contributed by atoms with Gasteiger partial charge in [0.2, 0.25) is 0 Å². The maximum absolute atomic E-state index is 15.5. The fourth-order valence-electron chi connectivity index (χ4n) is 5.08. The van der Waals surface area contributed by atoms with Crippen LogP contribution in [-0.2, 0) is 5.41 Å². The minimum atomic E-state index is -0.687. The van der Waals surface area contributed by atoms with Crippen LogP contribution in [0.4, 0.5) is 15.9 Å². The molecule has 2 unspecified atom stereocenters. The van der Waals surface area contributed by atoms with E-state index in [2.05, 4.69) is 15.4 Å². The van der Waals surface area contributed by atoms with Gasteiger partial charge in [-0.1, -0.05) is 11.6 Å². The monoisotopic (exact) mass is 454 g/mol. The van der Waals surface area contributed by atoms with Crippen molar-refractivity contribution < 1.29 is 9.18 Å². The maximum atomic E-state index is 15.5. The van der Waals surface area contributed by atoms with Gasteiger partial charge in [0.05, 0.1) is 16.6 Å². The zero-order valence-electron chi connectivity index (χ0n) is 17.9. The molecule has 1 aliphatic carbocycles. The van der Waals surface area contributed by atoms with E-state index < -0.39 is 11.7 Å². The van der Waals surface area contributed by atoms with Crippen molar-refractivity contribution in [2.45, 2.75) is 30.7 Å². The van der Waals surface area contributed by atoms with E-state index in [1.165, 1.54) is 11.0 Å². The van der Waals surface area contributed by atoms with Crippen LogP contribution in [0, 0.1) is 5.82 Å². The Morgan fingerprint density at radius 3 is 2.91 bits per heavy atom. The lowest BCUT2D eigenvalue weighted by molar-refractivity contribution is 0.0824. The highest BCUT2D eigenvalue weighted by Gasteiger charge is 2.48. The first kappa shape index (κ1) is 20.8. The van der Waals surface area contributed by atoms with Crippen molar-refractivity contribution in [1.29, 1.82) is 0 Å². The molecule has 32 heavy (non-hydrogen) atoms. The number of rotatable bonds is 3. The zero-order chi connectivity index (χ0) is 22.6. The first-order valence-electron chi connectivity index (χ1n) is 10.5. The quantitative estimate of drug-likeness (QED) is 0.581. The van der Waals surface area contributed by atoms with Gasteiger partial charge in [-0.3, -0.25) is 9.48 Å². The van der Waals surface area contributed by atoms with Gasteiger partial charge in [-0.05, 0) is 37.5 Å². The van der Waals surface area contributed by atoms with Crippen LogP contribution < -0.4 is 11.1 Å². The number of hydrogen-bond acceptors (Lipinski definition) is 5. The molecule has 3 aromatic rings. The summed E-state index contributed by atoms with van der Waals surface area (Å²) in [7, 11) is 3.12. The molecule has 1 fully saturated rings. The summed E-state index contributed by atoms with van der Waals surface area (Å²) in [5.74, 6) is -0.448. The number of pyridine rings is 1. The second-order valence-electron chi connectivity index (χ2n) is 8.82. The molecule has 1 amide bonds. The number of nitrogen functional groups attached to an aromatic ring is 1. The summed E-state index contributed by atoms with van der Waals surface area (Å²) in [6.07, 6.45) is 8.10. The van der Waals surface area contributed by atoms with Crippen molar-refractivity contribution in [3.05, 3.63) is 58.8 Å². The predicted molar refractivity (Wildman–Crippen MR) is 122 cm³/mol. The normalized spacial score (nSPS) is 21.6. The van der Waals surface area contributed by atoms with Crippen molar-refractivity contribution >= 4 is 29.0 Å².